The Labute approximate surface area is 95.2 Å². The SMILES string of the molecule is COC(=O)C(Cl)(C1=NCCCS1)[N+](=O)[O-]. The highest BCUT2D eigenvalue weighted by Crippen LogP contribution is 2.29. The van der Waals surface area contributed by atoms with Crippen LogP contribution >= 0.6 is 23.4 Å². The number of esters is 1. The van der Waals surface area contributed by atoms with E-state index in [9.17, 15) is 14.9 Å². The van der Waals surface area contributed by atoms with Crippen molar-refractivity contribution >= 4 is 34.4 Å². The quantitative estimate of drug-likeness (QED) is 0.245. The molecule has 15 heavy (non-hydrogen) atoms. The van der Waals surface area contributed by atoms with Crippen LogP contribution in [0.5, 0.6) is 0 Å². The fourth-order valence-corrected chi connectivity index (χ4v) is 2.33. The number of methoxy groups -OCH3 is 1. The summed E-state index contributed by atoms with van der Waals surface area (Å²) in [6.07, 6.45) is 0.819. The highest BCUT2D eigenvalue weighted by molar-refractivity contribution is 8.14. The van der Waals surface area contributed by atoms with Gasteiger partial charge in [-0.15, -0.1) is 11.8 Å². The Morgan fingerprint density at radius 2 is 2.47 bits per heavy atom. The van der Waals surface area contributed by atoms with Crippen LogP contribution in [0.1, 0.15) is 6.42 Å². The maximum absolute atomic E-state index is 11.3. The number of carbonyl (C=O) groups excluding carboxylic acids is 1. The summed E-state index contributed by atoms with van der Waals surface area (Å²) in [6.45, 7) is 0.446. The molecular weight excluding hydrogens is 244 g/mol. The van der Waals surface area contributed by atoms with Gasteiger partial charge >= 0.3 is 11.0 Å². The number of halogens is 1. The second kappa shape index (κ2) is 4.80. The van der Waals surface area contributed by atoms with E-state index in [1.165, 1.54) is 0 Å². The maximum Gasteiger partial charge on any atom is 0.437 e. The van der Waals surface area contributed by atoms with Crippen LogP contribution in [0.25, 0.3) is 0 Å². The van der Waals surface area contributed by atoms with Crippen molar-refractivity contribution < 1.29 is 14.5 Å². The molecule has 0 aliphatic carbocycles. The number of ether oxygens (including phenoxy) is 1. The minimum atomic E-state index is -2.38. The van der Waals surface area contributed by atoms with Gasteiger partial charge in [0.2, 0.25) is 0 Å². The molecule has 0 saturated carbocycles. The van der Waals surface area contributed by atoms with Gasteiger partial charge in [-0.25, -0.2) is 4.79 Å². The van der Waals surface area contributed by atoms with E-state index in [0.717, 1.165) is 25.3 Å². The molecule has 8 heteroatoms. The van der Waals surface area contributed by atoms with Gasteiger partial charge in [-0.05, 0) is 18.0 Å². The average molecular weight is 253 g/mol. The Balaban J connectivity index is 3.05. The Hall–Kier alpha value is -0.820. The van der Waals surface area contributed by atoms with E-state index in [-0.39, 0.29) is 5.04 Å². The molecule has 0 saturated heterocycles. The largest absolute Gasteiger partial charge is 0.462 e. The van der Waals surface area contributed by atoms with Gasteiger partial charge in [0.25, 0.3) is 0 Å². The normalized spacial score (nSPS) is 20.0. The highest BCUT2D eigenvalue weighted by atomic mass is 35.5. The van der Waals surface area contributed by atoms with Crippen molar-refractivity contribution in [3.63, 3.8) is 0 Å². The molecule has 0 aromatic carbocycles. The molecule has 0 fully saturated rings. The Morgan fingerprint density at radius 3 is 2.87 bits per heavy atom. The number of alkyl halides is 1. The number of hydrogen-bond acceptors (Lipinski definition) is 6. The van der Waals surface area contributed by atoms with E-state index in [0.29, 0.717) is 12.3 Å². The van der Waals surface area contributed by atoms with Gasteiger partial charge in [-0.3, -0.25) is 15.1 Å². The molecule has 1 rings (SSSR count). The lowest BCUT2D eigenvalue weighted by Gasteiger charge is -2.19. The molecule has 1 heterocycles. The molecule has 0 spiro atoms. The van der Waals surface area contributed by atoms with Gasteiger partial charge < -0.3 is 4.74 Å². The molecule has 1 aliphatic rings. The molecule has 0 N–H and O–H groups in total. The topological polar surface area (TPSA) is 81.8 Å². The van der Waals surface area contributed by atoms with Gasteiger partial charge in [-0.2, -0.15) is 0 Å². The van der Waals surface area contributed by atoms with Crippen molar-refractivity contribution in [3.8, 4) is 0 Å². The zero-order chi connectivity index (χ0) is 11.5. The van der Waals surface area contributed by atoms with Crippen LogP contribution in [0.2, 0.25) is 0 Å². The minimum Gasteiger partial charge on any atom is -0.462 e. The minimum absolute atomic E-state index is 0.00673. The summed E-state index contributed by atoms with van der Waals surface area (Å²) in [6, 6.07) is 0. The summed E-state index contributed by atoms with van der Waals surface area (Å²) < 4.78 is 4.32. The second-order valence-electron chi connectivity index (χ2n) is 2.76. The van der Waals surface area contributed by atoms with Crippen molar-refractivity contribution in [2.24, 2.45) is 4.99 Å². The number of rotatable bonds is 3. The molecule has 1 unspecified atom stereocenters. The summed E-state index contributed by atoms with van der Waals surface area (Å²) in [7, 11) is 1.05. The van der Waals surface area contributed by atoms with Gasteiger partial charge in [0.05, 0.1) is 12.0 Å². The fourth-order valence-electron chi connectivity index (χ4n) is 1.04. The lowest BCUT2D eigenvalue weighted by molar-refractivity contribution is -0.508. The lowest BCUT2D eigenvalue weighted by atomic mass is 10.3. The van der Waals surface area contributed by atoms with Gasteiger partial charge in [-0.1, -0.05) is 0 Å². The third kappa shape index (κ3) is 2.23. The number of aliphatic imine (C=N–C) groups is 1. The Bertz CT molecular complexity index is 322. The fraction of sp³-hybridized carbons (Fsp3) is 0.714. The predicted octanol–water partition coefficient (Wildman–Crippen LogP) is 0.907. The second-order valence-corrected chi connectivity index (χ2v) is 4.39. The van der Waals surface area contributed by atoms with Crippen LogP contribution in [0.15, 0.2) is 4.99 Å². The first-order valence-corrected chi connectivity index (χ1v) is 5.49. The van der Waals surface area contributed by atoms with Crippen LogP contribution < -0.4 is 0 Å². The Morgan fingerprint density at radius 1 is 1.80 bits per heavy atom. The number of thioether (sulfide) groups is 1. The first kappa shape index (κ1) is 12.3. The van der Waals surface area contributed by atoms with Crippen molar-refractivity contribution in [1.82, 2.24) is 0 Å². The lowest BCUT2D eigenvalue weighted by Crippen LogP contribution is -2.48. The van der Waals surface area contributed by atoms with Crippen molar-refractivity contribution in [2.45, 2.75) is 11.4 Å². The van der Waals surface area contributed by atoms with E-state index in [4.69, 9.17) is 11.6 Å². The average Bonchev–Trinajstić information content (AvgIpc) is 2.27. The van der Waals surface area contributed by atoms with Gasteiger partial charge in [0.1, 0.15) is 0 Å². The Kier molecular flexibility index (Phi) is 3.92. The van der Waals surface area contributed by atoms with Crippen LogP contribution in [0.4, 0.5) is 0 Å². The number of carbonyl (C=O) groups is 1. The van der Waals surface area contributed by atoms with Crippen molar-refractivity contribution in [1.29, 1.82) is 0 Å². The third-order valence-corrected chi connectivity index (χ3v) is 3.56. The smallest absolute Gasteiger partial charge is 0.437 e. The predicted molar refractivity (Wildman–Crippen MR) is 57.0 cm³/mol. The molecule has 0 radical (unpaired) electrons. The standard InChI is InChI=1S/C7H9ClN2O4S/c1-14-6(11)7(8,10(12)13)5-9-3-2-4-15-5/h2-4H2,1H3. The van der Waals surface area contributed by atoms with Crippen LogP contribution in [0, 0.1) is 10.1 Å². The first-order chi connectivity index (χ1) is 7.03. The summed E-state index contributed by atoms with van der Waals surface area (Å²) in [5.41, 5.74) is 0. The molecule has 6 nitrogen and oxygen atoms in total. The zero-order valence-electron chi connectivity index (χ0n) is 7.93. The molecule has 0 bridgehead atoms. The van der Waals surface area contributed by atoms with E-state index in [1.807, 2.05) is 0 Å². The number of nitro groups is 1. The summed E-state index contributed by atoms with van der Waals surface area (Å²) in [5.74, 6) is -0.444. The van der Waals surface area contributed by atoms with E-state index in [2.05, 4.69) is 9.73 Å². The third-order valence-electron chi connectivity index (χ3n) is 1.79. The van der Waals surface area contributed by atoms with Crippen LogP contribution in [-0.2, 0) is 9.53 Å². The summed E-state index contributed by atoms with van der Waals surface area (Å²) in [4.78, 5) is 22.7. The molecule has 0 aromatic rings. The first-order valence-electron chi connectivity index (χ1n) is 4.13. The van der Waals surface area contributed by atoms with E-state index >= 15 is 0 Å². The van der Waals surface area contributed by atoms with Crippen LogP contribution in [0.3, 0.4) is 0 Å². The number of nitrogens with zero attached hydrogens (tertiary/aromatic N) is 2. The molecular formula is C7H9ClN2O4S. The molecule has 0 aromatic heterocycles. The summed E-state index contributed by atoms with van der Waals surface area (Å²) >= 11 is 6.80. The number of hydrogen-bond donors (Lipinski definition) is 0. The monoisotopic (exact) mass is 252 g/mol. The summed E-state index contributed by atoms with van der Waals surface area (Å²) in [5, 5.41) is 10.8. The van der Waals surface area contributed by atoms with Gasteiger partial charge in [0.15, 0.2) is 5.04 Å². The van der Waals surface area contributed by atoms with Crippen molar-refractivity contribution in [2.75, 3.05) is 19.4 Å². The molecule has 0 amide bonds. The highest BCUT2D eigenvalue weighted by Gasteiger charge is 2.56. The molecule has 84 valence electrons. The molecule has 1 aliphatic heterocycles. The van der Waals surface area contributed by atoms with E-state index < -0.39 is 15.9 Å². The van der Waals surface area contributed by atoms with Crippen molar-refractivity contribution in [3.05, 3.63) is 10.1 Å². The zero-order valence-corrected chi connectivity index (χ0v) is 9.51. The maximum atomic E-state index is 11.3. The van der Waals surface area contributed by atoms with E-state index in [1.54, 1.807) is 0 Å². The van der Waals surface area contributed by atoms with Gasteiger partial charge in [0, 0.05) is 12.3 Å². The molecule has 1 atom stereocenters. The van der Waals surface area contributed by atoms with Crippen LogP contribution in [-0.4, -0.2) is 40.3 Å².